The van der Waals surface area contributed by atoms with Gasteiger partial charge in [-0.2, -0.15) is 0 Å². The molecule has 0 bridgehead atoms. The Morgan fingerprint density at radius 2 is 1.92 bits per heavy atom. The zero-order valence-corrected chi connectivity index (χ0v) is 15.7. The van der Waals surface area contributed by atoms with Crippen molar-refractivity contribution in [2.45, 2.75) is 18.4 Å². The van der Waals surface area contributed by atoms with Crippen LogP contribution < -0.4 is 9.88 Å². The zero-order chi connectivity index (χ0) is 18.8. The van der Waals surface area contributed by atoms with Gasteiger partial charge in [0.2, 0.25) is 10.0 Å². The number of hydrogen-bond acceptors (Lipinski definition) is 4. The maximum atomic E-state index is 12.6. The topological polar surface area (TPSA) is 89.7 Å². The summed E-state index contributed by atoms with van der Waals surface area (Å²) in [4.78, 5) is 14.0. The van der Waals surface area contributed by atoms with Gasteiger partial charge < -0.3 is 9.64 Å². The van der Waals surface area contributed by atoms with Gasteiger partial charge in [-0.15, -0.1) is 0 Å². The third-order valence-electron chi connectivity index (χ3n) is 3.74. The molecule has 0 saturated heterocycles. The number of benzene rings is 2. The fourth-order valence-electron chi connectivity index (χ4n) is 2.46. The highest BCUT2D eigenvalue weighted by Crippen LogP contribution is 2.24. The van der Waals surface area contributed by atoms with Crippen LogP contribution in [0.2, 0.25) is 5.02 Å². The molecule has 25 heavy (non-hydrogen) atoms. The number of carbonyl (C=O) groups excluding carboxylic acids is 1. The highest BCUT2D eigenvalue weighted by molar-refractivity contribution is 7.89. The lowest BCUT2D eigenvalue weighted by molar-refractivity contribution is 0.0784. The third-order valence-corrected chi connectivity index (χ3v) is 5.03. The Bertz CT molecular complexity index is 913. The van der Waals surface area contributed by atoms with E-state index in [1.165, 1.54) is 18.1 Å². The Kier molecular flexibility index (Phi) is 5.72. The van der Waals surface area contributed by atoms with Crippen molar-refractivity contribution >= 4 is 27.5 Å². The molecule has 0 saturated carbocycles. The molecular weight excluding hydrogens is 364 g/mol. The van der Waals surface area contributed by atoms with E-state index in [-0.39, 0.29) is 22.9 Å². The predicted octanol–water partition coefficient (Wildman–Crippen LogP) is 2.58. The van der Waals surface area contributed by atoms with Crippen molar-refractivity contribution in [2.24, 2.45) is 5.14 Å². The number of primary sulfonamides is 1. The normalized spacial score (nSPS) is 11.2. The van der Waals surface area contributed by atoms with Crippen molar-refractivity contribution in [3.63, 3.8) is 0 Å². The maximum absolute atomic E-state index is 12.6. The number of ether oxygens (including phenoxy) is 1. The average Bonchev–Trinajstić information content (AvgIpc) is 2.53. The van der Waals surface area contributed by atoms with E-state index < -0.39 is 10.0 Å². The smallest absolute Gasteiger partial charge is 0.253 e. The first-order chi connectivity index (χ1) is 11.6. The van der Waals surface area contributed by atoms with Crippen LogP contribution in [0.15, 0.2) is 41.3 Å². The maximum Gasteiger partial charge on any atom is 0.253 e. The number of halogens is 1. The van der Waals surface area contributed by atoms with Gasteiger partial charge in [0, 0.05) is 29.7 Å². The van der Waals surface area contributed by atoms with Crippen LogP contribution in [0, 0.1) is 6.92 Å². The van der Waals surface area contributed by atoms with Crippen LogP contribution in [0.4, 0.5) is 0 Å². The largest absolute Gasteiger partial charge is 0.496 e. The molecule has 0 fully saturated rings. The number of sulfonamides is 1. The first-order valence-electron chi connectivity index (χ1n) is 7.35. The number of methoxy groups -OCH3 is 1. The van der Waals surface area contributed by atoms with Gasteiger partial charge in [-0.1, -0.05) is 17.7 Å². The molecule has 0 unspecified atom stereocenters. The average molecular weight is 383 g/mol. The number of carbonyl (C=O) groups is 1. The lowest BCUT2D eigenvalue weighted by Gasteiger charge is -2.19. The molecule has 0 heterocycles. The Balaban J connectivity index is 2.31. The third kappa shape index (κ3) is 4.50. The van der Waals surface area contributed by atoms with Gasteiger partial charge in [-0.05, 0) is 42.8 Å². The van der Waals surface area contributed by atoms with Crippen molar-refractivity contribution in [1.29, 1.82) is 0 Å². The fraction of sp³-hybridized carbons (Fsp3) is 0.235. The van der Waals surface area contributed by atoms with Crippen molar-refractivity contribution in [2.75, 3.05) is 14.2 Å². The molecule has 0 aliphatic carbocycles. The summed E-state index contributed by atoms with van der Waals surface area (Å²) in [5.41, 5.74) is 1.46. The Hall–Kier alpha value is -2.09. The van der Waals surface area contributed by atoms with E-state index in [0.717, 1.165) is 5.56 Å². The number of aryl methyl sites for hydroxylation is 1. The summed E-state index contributed by atoms with van der Waals surface area (Å²) in [7, 11) is -0.754. The summed E-state index contributed by atoms with van der Waals surface area (Å²) in [5.74, 6) is 0.269. The van der Waals surface area contributed by atoms with E-state index in [1.807, 2.05) is 0 Å². The van der Waals surface area contributed by atoms with Crippen LogP contribution in [-0.2, 0) is 16.6 Å². The molecule has 2 aromatic carbocycles. The molecule has 1 amide bonds. The van der Waals surface area contributed by atoms with Gasteiger partial charge in [0.05, 0.1) is 12.0 Å². The number of nitrogens with zero attached hydrogens (tertiary/aromatic N) is 1. The highest BCUT2D eigenvalue weighted by Gasteiger charge is 2.18. The van der Waals surface area contributed by atoms with E-state index in [9.17, 15) is 13.2 Å². The number of nitrogens with two attached hydrogens (primary N) is 1. The number of rotatable bonds is 5. The van der Waals surface area contributed by atoms with E-state index in [1.54, 1.807) is 44.3 Å². The van der Waals surface area contributed by atoms with Gasteiger partial charge >= 0.3 is 0 Å². The van der Waals surface area contributed by atoms with Gasteiger partial charge in [-0.25, -0.2) is 13.6 Å². The molecule has 0 aromatic heterocycles. The second kappa shape index (κ2) is 7.43. The molecule has 8 heteroatoms. The minimum absolute atomic E-state index is 0.0629. The van der Waals surface area contributed by atoms with E-state index in [2.05, 4.69) is 0 Å². The van der Waals surface area contributed by atoms with Crippen molar-refractivity contribution in [3.8, 4) is 5.75 Å². The van der Waals surface area contributed by atoms with Crippen LogP contribution in [0.5, 0.6) is 5.75 Å². The first-order valence-corrected chi connectivity index (χ1v) is 9.27. The lowest BCUT2D eigenvalue weighted by atomic mass is 10.1. The molecule has 2 aromatic rings. The highest BCUT2D eigenvalue weighted by atomic mass is 35.5. The second-order valence-electron chi connectivity index (χ2n) is 5.64. The van der Waals surface area contributed by atoms with Crippen LogP contribution >= 0.6 is 11.6 Å². The lowest BCUT2D eigenvalue weighted by Crippen LogP contribution is -2.27. The monoisotopic (exact) mass is 382 g/mol. The van der Waals surface area contributed by atoms with Crippen molar-refractivity contribution in [1.82, 2.24) is 4.90 Å². The molecular formula is C17H19ClN2O4S. The van der Waals surface area contributed by atoms with Gasteiger partial charge in [0.25, 0.3) is 5.91 Å². The van der Waals surface area contributed by atoms with Crippen LogP contribution in [0.1, 0.15) is 21.5 Å². The zero-order valence-electron chi connectivity index (χ0n) is 14.1. The minimum atomic E-state index is -3.90. The standard InChI is InChI=1S/C17H19ClN2O4S/c1-11-4-5-12(9-16(11)25(19,22)23)17(21)20(2)10-13-8-14(18)6-7-15(13)24-3/h4-9H,10H2,1-3H3,(H2,19,22,23). The molecule has 0 aliphatic heterocycles. The van der Waals surface area contributed by atoms with Crippen LogP contribution in [0.25, 0.3) is 0 Å². The van der Waals surface area contributed by atoms with E-state index >= 15 is 0 Å². The van der Waals surface area contributed by atoms with Gasteiger partial charge in [-0.3, -0.25) is 4.79 Å². The number of amides is 1. The summed E-state index contributed by atoms with van der Waals surface area (Å²) in [6.45, 7) is 1.87. The number of hydrogen-bond donors (Lipinski definition) is 1. The van der Waals surface area contributed by atoms with Gasteiger partial charge in [0.15, 0.2) is 0 Å². The minimum Gasteiger partial charge on any atom is -0.496 e. The van der Waals surface area contributed by atoms with Crippen LogP contribution in [-0.4, -0.2) is 33.4 Å². The molecule has 2 rings (SSSR count). The molecule has 6 nitrogen and oxygen atoms in total. The molecule has 134 valence electrons. The molecule has 0 spiro atoms. The molecule has 0 aliphatic rings. The summed E-state index contributed by atoms with van der Waals surface area (Å²) in [6.07, 6.45) is 0. The molecule has 0 radical (unpaired) electrons. The fourth-order valence-corrected chi connectivity index (χ4v) is 3.46. The SMILES string of the molecule is COc1ccc(Cl)cc1CN(C)C(=O)c1ccc(C)c(S(N)(=O)=O)c1. The summed E-state index contributed by atoms with van der Waals surface area (Å²) in [6, 6.07) is 9.55. The quantitative estimate of drug-likeness (QED) is 0.860. The first kappa shape index (κ1) is 19.2. The summed E-state index contributed by atoms with van der Waals surface area (Å²) in [5, 5.41) is 5.73. The Morgan fingerprint density at radius 1 is 1.24 bits per heavy atom. The Labute approximate surface area is 152 Å². The Morgan fingerprint density at radius 3 is 2.52 bits per heavy atom. The van der Waals surface area contributed by atoms with E-state index in [4.69, 9.17) is 21.5 Å². The van der Waals surface area contributed by atoms with E-state index in [0.29, 0.717) is 16.3 Å². The predicted molar refractivity (Wildman–Crippen MR) is 96.4 cm³/mol. The summed E-state index contributed by atoms with van der Waals surface area (Å²) < 4.78 is 28.5. The molecule has 2 N–H and O–H groups in total. The van der Waals surface area contributed by atoms with Crippen LogP contribution in [0.3, 0.4) is 0 Å². The van der Waals surface area contributed by atoms with Crippen molar-refractivity contribution < 1.29 is 17.9 Å². The van der Waals surface area contributed by atoms with Crippen molar-refractivity contribution in [3.05, 3.63) is 58.1 Å². The molecule has 0 atom stereocenters. The second-order valence-corrected chi connectivity index (χ2v) is 7.61. The van der Waals surface area contributed by atoms with Gasteiger partial charge in [0.1, 0.15) is 5.75 Å². The summed E-state index contributed by atoms with van der Waals surface area (Å²) >= 11 is 6.00.